The zero-order chi connectivity index (χ0) is 36.7. The second-order valence-electron chi connectivity index (χ2n) is 14.2. The first kappa shape index (κ1) is 30.7. The Labute approximate surface area is 319 Å². The van der Waals surface area contributed by atoms with Gasteiger partial charge in [0.25, 0.3) is 0 Å². The molecule has 0 bridgehead atoms. The third-order valence-electron chi connectivity index (χ3n) is 10.9. The number of aromatic nitrogens is 4. The van der Waals surface area contributed by atoms with Gasteiger partial charge in [-0.1, -0.05) is 127 Å². The van der Waals surface area contributed by atoms with Gasteiger partial charge >= 0.3 is 0 Å². The Morgan fingerprint density at radius 2 is 0.893 bits per heavy atom. The normalized spacial score (nSPS) is 11.9. The summed E-state index contributed by atoms with van der Waals surface area (Å²) in [5.74, 6) is 2.45. The van der Waals surface area contributed by atoms with Gasteiger partial charge in [0.05, 0.1) is 0 Å². The van der Waals surface area contributed by atoms with E-state index in [1.807, 2.05) is 42.5 Å². The summed E-state index contributed by atoms with van der Waals surface area (Å²) in [5, 5.41) is 8.72. The van der Waals surface area contributed by atoms with Gasteiger partial charge in [-0.2, -0.15) is 0 Å². The van der Waals surface area contributed by atoms with E-state index in [1.165, 1.54) is 10.8 Å². The molecule has 56 heavy (non-hydrogen) atoms. The van der Waals surface area contributed by atoms with Crippen LogP contribution < -0.4 is 0 Å². The van der Waals surface area contributed by atoms with E-state index in [-0.39, 0.29) is 0 Å². The Hall–Kier alpha value is -7.70. The molecule has 9 aromatic carbocycles. The summed E-state index contributed by atoms with van der Waals surface area (Å²) in [6.07, 6.45) is 0. The molecule has 0 N–H and O–H groups in total. The van der Waals surface area contributed by atoms with Crippen LogP contribution in [-0.4, -0.2) is 19.9 Å². The molecular formula is C50H28N4O2. The molecule has 0 aliphatic heterocycles. The third-order valence-corrected chi connectivity index (χ3v) is 10.9. The smallest absolute Gasteiger partial charge is 0.227 e. The maximum atomic E-state index is 6.57. The maximum Gasteiger partial charge on any atom is 0.227 e. The van der Waals surface area contributed by atoms with Gasteiger partial charge in [0.15, 0.2) is 23.1 Å². The summed E-state index contributed by atoms with van der Waals surface area (Å²) in [4.78, 5) is 20.2. The molecule has 0 saturated heterocycles. The number of oxazole rings is 1. The van der Waals surface area contributed by atoms with Gasteiger partial charge in [-0.05, 0) is 75.1 Å². The summed E-state index contributed by atoms with van der Waals surface area (Å²) in [7, 11) is 0. The molecule has 0 aliphatic rings. The average molecular weight is 717 g/mol. The van der Waals surface area contributed by atoms with E-state index >= 15 is 0 Å². The second-order valence-corrected chi connectivity index (χ2v) is 14.2. The molecule has 0 amide bonds. The van der Waals surface area contributed by atoms with Crippen LogP contribution >= 0.6 is 0 Å². The van der Waals surface area contributed by atoms with Crippen molar-refractivity contribution in [3.8, 4) is 56.7 Å². The van der Waals surface area contributed by atoms with Crippen molar-refractivity contribution in [1.82, 2.24) is 19.9 Å². The molecule has 12 aromatic rings. The third kappa shape index (κ3) is 4.83. The van der Waals surface area contributed by atoms with Crippen LogP contribution in [0, 0.1) is 0 Å². The Kier molecular flexibility index (Phi) is 6.53. The number of fused-ring (bicyclic) bond motifs is 5. The highest BCUT2D eigenvalue weighted by molar-refractivity contribution is 6.31. The van der Waals surface area contributed by atoms with Crippen molar-refractivity contribution in [3.05, 3.63) is 170 Å². The molecule has 260 valence electrons. The number of rotatable bonds is 5. The van der Waals surface area contributed by atoms with Gasteiger partial charge in [-0.25, -0.2) is 19.9 Å². The van der Waals surface area contributed by atoms with Crippen LogP contribution in [0.3, 0.4) is 0 Å². The minimum Gasteiger partial charge on any atom is -0.456 e. The maximum absolute atomic E-state index is 6.57. The van der Waals surface area contributed by atoms with E-state index in [4.69, 9.17) is 28.8 Å². The number of nitrogens with zero attached hydrogens (tertiary/aromatic N) is 4. The standard InChI is InChI=1S/C50H28N4O2/c1-2-11-33(12-3-1)50-51-45-39-15-8-16-41-43(39)44-40(46(45)56-50)27-38(28-42(44)55-41)31-17-21-32(22-18-31)47-52-48(36-23-19-29-9-4-6-13-34(29)25-36)54-49(53-47)37-24-20-30-10-5-7-14-35(30)26-37/h1-28H. The van der Waals surface area contributed by atoms with Crippen molar-refractivity contribution in [2.24, 2.45) is 0 Å². The summed E-state index contributed by atoms with van der Waals surface area (Å²) in [6.45, 7) is 0. The minimum absolute atomic E-state index is 0.598. The lowest BCUT2D eigenvalue weighted by Gasteiger charge is -2.10. The molecule has 6 heteroatoms. The molecule has 0 atom stereocenters. The molecule has 3 heterocycles. The van der Waals surface area contributed by atoms with Crippen molar-refractivity contribution in [2.45, 2.75) is 0 Å². The summed E-state index contributed by atoms with van der Waals surface area (Å²) in [5.41, 5.74) is 8.96. The molecule has 0 unspecified atom stereocenters. The van der Waals surface area contributed by atoms with E-state index in [0.29, 0.717) is 23.4 Å². The van der Waals surface area contributed by atoms with Crippen molar-refractivity contribution < 1.29 is 8.83 Å². The first-order valence-corrected chi connectivity index (χ1v) is 18.6. The van der Waals surface area contributed by atoms with Gasteiger partial charge < -0.3 is 8.83 Å². The number of hydrogen-bond acceptors (Lipinski definition) is 6. The Morgan fingerprint density at radius 3 is 1.57 bits per heavy atom. The van der Waals surface area contributed by atoms with Crippen LogP contribution in [0.15, 0.2) is 179 Å². The van der Waals surface area contributed by atoms with E-state index < -0.39 is 0 Å². The number of furan rings is 1. The molecule has 0 spiro atoms. The first-order valence-electron chi connectivity index (χ1n) is 18.6. The van der Waals surface area contributed by atoms with Gasteiger partial charge in [0.1, 0.15) is 16.7 Å². The molecule has 0 saturated carbocycles. The highest BCUT2D eigenvalue weighted by Crippen LogP contribution is 2.45. The zero-order valence-corrected chi connectivity index (χ0v) is 29.8. The monoisotopic (exact) mass is 716 g/mol. The second kappa shape index (κ2) is 11.9. The van der Waals surface area contributed by atoms with E-state index in [0.717, 1.165) is 88.0 Å². The molecule has 0 radical (unpaired) electrons. The summed E-state index contributed by atoms with van der Waals surface area (Å²) >= 11 is 0. The topological polar surface area (TPSA) is 77.8 Å². The lowest BCUT2D eigenvalue weighted by molar-refractivity contribution is 0.623. The molecule has 0 fully saturated rings. The molecule has 12 rings (SSSR count). The highest BCUT2D eigenvalue weighted by atomic mass is 16.3. The van der Waals surface area contributed by atoms with Crippen LogP contribution in [-0.2, 0) is 0 Å². The summed E-state index contributed by atoms with van der Waals surface area (Å²) < 4.78 is 13.1. The zero-order valence-electron chi connectivity index (χ0n) is 29.8. The fourth-order valence-corrected chi connectivity index (χ4v) is 8.11. The van der Waals surface area contributed by atoms with Gasteiger partial charge in [-0.15, -0.1) is 0 Å². The number of benzene rings is 9. The Bertz CT molecular complexity index is 3380. The van der Waals surface area contributed by atoms with E-state index in [1.54, 1.807) is 0 Å². The fourth-order valence-electron chi connectivity index (χ4n) is 8.11. The number of hydrogen-bond donors (Lipinski definition) is 0. The van der Waals surface area contributed by atoms with Crippen LogP contribution in [0.4, 0.5) is 0 Å². The minimum atomic E-state index is 0.598. The summed E-state index contributed by atoms with van der Waals surface area (Å²) in [6, 6.07) is 58.3. The lowest BCUT2D eigenvalue weighted by Crippen LogP contribution is -2.00. The SMILES string of the molecule is c1ccc(-c2nc3c4cccc5oc6cc(-c7ccc(-c8nc(-c9ccc%10ccccc%10c9)nc(-c9ccc%10ccccc%10c9)n8)cc7)cc(c3o2)c6c54)cc1. The van der Waals surface area contributed by atoms with Crippen LogP contribution in [0.25, 0.3) is 122 Å². The molecule has 6 nitrogen and oxygen atoms in total. The van der Waals surface area contributed by atoms with Gasteiger partial charge in [0, 0.05) is 43.8 Å². The van der Waals surface area contributed by atoms with E-state index in [9.17, 15) is 0 Å². The molecular weight excluding hydrogens is 689 g/mol. The van der Waals surface area contributed by atoms with Crippen LogP contribution in [0.1, 0.15) is 0 Å². The predicted molar refractivity (Wildman–Crippen MR) is 226 cm³/mol. The first-order chi connectivity index (χ1) is 27.7. The van der Waals surface area contributed by atoms with Gasteiger partial charge in [0.2, 0.25) is 5.89 Å². The Morgan fingerprint density at radius 1 is 0.321 bits per heavy atom. The van der Waals surface area contributed by atoms with Crippen LogP contribution in [0.5, 0.6) is 0 Å². The van der Waals surface area contributed by atoms with Crippen molar-refractivity contribution in [1.29, 1.82) is 0 Å². The largest absolute Gasteiger partial charge is 0.456 e. The van der Waals surface area contributed by atoms with Crippen LogP contribution in [0.2, 0.25) is 0 Å². The van der Waals surface area contributed by atoms with Crippen molar-refractivity contribution in [3.63, 3.8) is 0 Å². The molecule has 3 aromatic heterocycles. The Balaban J connectivity index is 0.998. The van der Waals surface area contributed by atoms with Crippen molar-refractivity contribution >= 4 is 65.4 Å². The quantitative estimate of drug-likeness (QED) is 0.165. The fraction of sp³-hybridized carbons (Fsp3) is 0. The highest BCUT2D eigenvalue weighted by Gasteiger charge is 2.23. The average Bonchev–Trinajstić information content (AvgIpc) is 3.89. The van der Waals surface area contributed by atoms with Gasteiger partial charge in [-0.3, -0.25) is 0 Å². The predicted octanol–water partition coefficient (Wildman–Crippen LogP) is 13.1. The van der Waals surface area contributed by atoms with E-state index in [2.05, 4.69) is 127 Å². The lowest BCUT2D eigenvalue weighted by atomic mass is 9.96. The van der Waals surface area contributed by atoms with Crippen molar-refractivity contribution in [2.75, 3.05) is 0 Å². The molecule has 0 aliphatic carbocycles.